The van der Waals surface area contributed by atoms with Crippen LogP contribution in [0.15, 0.2) is 24.3 Å². The molecule has 1 aliphatic heterocycles. The summed E-state index contributed by atoms with van der Waals surface area (Å²) in [7, 11) is 0. The summed E-state index contributed by atoms with van der Waals surface area (Å²) in [4.78, 5) is 29.3. The number of hydrogen-bond acceptors (Lipinski definition) is 2. The average molecular weight is 383 g/mol. The van der Waals surface area contributed by atoms with Gasteiger partial charge in [-0.15, -0.1) is 0 Å². The molecule has 1 aromatic rings. The number of carbonyl (C=O) groups excluding carboxylic acids is 2. The fourth-order valence-corrected chi connectivity index (χ4v) is 5.88. The van der Waals surface area contributed by atoms with Gasteiger partial charge in [0.2, 0.25) is 5.91 Å². The summed E-state index contributed by atoms with van der Waals surface area (Å²) in [5.74, 6) is 0.605. The van der Waals surface area contributed by atoms with Crippen molar-refractivity contribution in [3.05, 3.63) is 35.4 Å². The molecule has 28 heavy (non-hydrogen) atoms. The van der Waals surface area contributed by atoms with Crippen molar-refractivity contribution in [2.45, 2.75) is 89.1 Å². The lowest BCUT2D eigenvalue weighted by Gasteiger charge is -2.52. The highest BCUT2D eigenvalue weighted by molar-refractivity contribution is 6.02. The van der Waals surface area contributed by atoms with Crippen LogP contribution in [0, 0.1) is 5.92 Å². The molecule has 1 spiro atoms. The Balaban J connectivity index is 1.75. The zero-order valence-corrected chi connectivity index (χ0v) is 17.4. The van der Waals surface area contributed by atoms with E-state index >= 15 is 0 Å². The van der Waals surface area contributed by atoms with Crippen LogP contribution in [0.4, 0.5) is 0 Å². The quantitative estimate of drug-likeness (QED) is 0.806. The van der Waals surface area contributed by atoms with Gasteiger partial charge >= 0.3 is 0 Å². The number of nitrogens with one attached hydrogen (secondary N) is 1. The van der Waals surface area contributed by atoms with Crippen molar-refractivity contribution in [2.75, 3.05) is 6.54 Å². The minimum atomic E-state index is -0.331. The maximum absolute atomic E-state index is 13.6. The molecule has 2 fully saturated rings. The summed E-state index contributed by atoms with van der Waals surface area (Å²) in [6, 6.07) is 8.16. The highest BCUT2D eigenvalue weighted by Gasteiger charge is 2.57. The second kappa shape index (κ2) is 7.88. The van der Waals surface area contributed by atoms with E-state index in [1.54, 1.807) is 0 Å². The molecule has 1 aromatic carbocycles. The predicted octanol–water partition coefficient (Wildman–Crippen LogP) is 4.64. The van der Waals surface area contributed by atoms with E-state index in [4.69, 9.17) is 0 Å². The molecule has 4 nitrogen and oxygen atoms in total. The molecule has 1 unspecified atom stereocenters. The first-order valence-electron chi connectivity index (χ1n) is 11.2. The first kappa shape index (κ1) is 19.5. The largest absolute Gasteiger partial charge is 0.355 e. The first-order chi connectivity index (χ1) is 13.5. The Morgan fingerprint density at radius 3 is 2.50 bits per heavy atom. The molecule has 1 heterocycles. The van der Waals surface area contributed by atoms with Gasteiger partial charge in [0.1, 0.15) is 0 Å². The molecule has 4 heteroatoms. The van der Waals surface area contributed by atoms with Crippen molar-refractivity contribution >= 4 is 11.8 Å². The van der Waals surface area contributed by atoms with E-state index in [1.807, 2.05) is 24.3 Å². The Morgan fingerprint density at radius 2 is 1.82 bits per heavy atom. The van der Waals surface area contributed by atoms with Gasteiger partial charge in [-0.2, -0.15) is 0 Å². The lowest BCUT2D eigenvalue weighted by Crippen LogP contribution is -2.63. The van der Waals surface area contributed by atoms with E-state index in [9.17, 15) is 9.59 Å². The van der Waals surface area contributed by atoms with Crippen molar-refractivity contribution in [1.29, 1.82) is 0 Å². The van der Waals surface area contributed by atoms with Crippen LogP contribution in [0.1, 0.15) is 93.5 Å². The summed E-state index contributed by atoms with van der Waals surface area (Å²) in [6.45, 7) is 5.07. The van der Waals surface area contributed by atoms with Crippen LogP contribution in [0.5, 0.6) is 0 Å². The Labute approximate surface area is 169 Å². The summed E-state index contributed by atoms with van der Waals surface area (Å²) >= 11 is 0. The molecule has 2 amide bonds. The summed E-state index contributed by atoms with van der Waals surface area (Å²) in [6.07, 6.45) is 9.64. The summed E-state index contributed by atoms with van der Waals surface area (Å²) < 4.78 is 0. The van der Waals surface area contributed by atoms with Gasteiger partial charge in [0.05, 0.1) is 11.5 Å². The number of nitrogens with zero attached hydrogens (tertiary/aromatic N) is 1. The van der Waals surface area contributed by atoms with Gasteiger partial charge in [0.15, 0.2) is 0 Å². The SMILES string of the molecule is CC(C)CCNC(=O)C1c2ccccc2C(=O)N(C2CCCC2)C12CCCC2. The summed E-state index contributed by atoms with van der Waals surface area (Å²) in [5, 5.41) is 3.22. The lowest BCUT2D eigenvalue weighted by molar-refractivity contribution is -0.126. The number of fused-ring (bicyclic) bond motifs is 1. The van der Waals surface area contributed by atoms with Gasteiger partial charge in [-0.1, -0.05) is 57.7 Å². The fourth-order valence-electron chi connectivity index (χ4n) is 5.88. The minimum Gasteiger partial charge on any atom is -0.355 e. The molecule has 152 valence electrons. The van der Waals surface area contributed by atoms with Gasteiger partial charge in [-0.3, -0.25) is 9.59 Å². The third kappa shape index (κ3) is 3.25. The Hall–Kier alpha value is -1.84. The molecule has 3 aliphatic rings. The molecular formula is C24H34N2O2. The number of rotatable bonds is 5. The molecule has 0 saturated heterocycles. The molecule has 2 aliphatic carbocycles. The van der Waals surface area contributed by atoms with Crippen molar-refractivity contribution < 1.29 is 9.59 Å². The molecule has 4 rings (SSSR count). The zero-order chi connectivity index (χ0) is 19.7. The van der Waals surface area contributed by atoms with Crippen LogP contribution in [0.2, 0.25) is 0 Å². The second-order valence-corrected chi connectivity index (χ2v) is 9.42. The van der Waals surface area contributed by atoms with Crippen LogP contribution in [0.3, 0.4) is 0 Å². The molecule has 1 atom stereocenters. The number of hydrogen-bond donors (Lipinski definition) is 1. The summed E-state index contributed by atoms with van der Waals surface area (Å²) in [5.41, 5.74) is 1.36. The monoisotopic (exact) mass is 382 g/mol. The average Bonchev–Trinajstić information content (AvgIpc) is 3.35. The van der Waals surface area contributed by atoms with Crippen LogP contribution >= 0.6 is 0 Å². The predicted molar refractivity (Wildman–Crippen MR) is 111 cm³/mol. The van der Waals surface area contributed by atoms with Crippen molar-refractivity contribution in [1.82, 2.24) is 10.2 Å². The van der Waals surface area contributed by atoms with Crippen molar-refractivity contribution in [3.8, 4) is 0 Å². The first-order valence-corrected chi connectivity index (χ1v) is 11.2. The molecule has 0 aromatic heterocycles. The Kier molecular flexibility index (Phi) is 5.48. The van der Waals surface area contributed by atoms with Crippen LogP contribution in [0.25, 0.3) is 0 Å². The Bertz CT molecular complexity index is 730. The number of carbonyl (C=O) groups is 2. The van der Waals surface area contributed by atoms with Crippen molar-refractivity contribution in [3.63, 3.8) is 0 Å². The van der Waals surface area contributed by atoms with Gasteiger partial charge in [-0.05, 0) is 49.7 Å². The molecule has 1 N–H and O–H groups in total. The van der Waals surface area contributed by atoms with Gasteiger partial charge in [-0.25, -0.2) is 0 Å². The van der Waals surface area contributed by atoms with E-state index in [0.29, 0.717) is 18.5 Å². The highest BCUT2D eigenvalue weighted by atomic mass is 16.2. The van der Waals surface area contributed by atoms with E-state index < -0.39 is 0 Å². The van der Waals surface area contributed by atoms with Crippen LogP contribution in [-0.2, 0) is 4.79 Å². The minimum absolute atomic E-state index is 0.116. The lowest BCUT2D eigenvalue weighted by atomic mass is 9.70. The molecule has 2 saturated carbocycles. The van der Waals surface area contributed by atoms with Crippen molar-refractivity contribution in [2.24, 2.45) is 5.92 Å². The van der Waals surface area contributed by atoms with E-state index in [2.05, 4.69) is 24.1 Å². The molecular weight excluding hydrogens is 348 g/mol. The molecule has 0 radical (unpaired) electrons. The smallest absolute Gasteiger partial charge is 0.254 e. The highest BCUT2D eigenvalue weighted by Crippen LogP contribution is 2.52. The normalized spacial score (nSPS) is 24.2. The van der Waals surface area contributed by atoms with Gasteiger partial charge in [0.25, 0.3) is 5.91 Å². The number of amides is 2. The van der Waals surface area contributed by atoms with Crippen LogP contribution in [-0.4, -0.2) is 34.8 Å². The molecule has 0 bridgehead atoms. The number of benzene rings is 1. The van der Waals surface area contributed by atoms with E-state index in [-0.39, 0.29) is 23.3 Å². The third-order valence-corrected chi connectivity index (χ3v) is 7.18. The standard InChI is InChI=1S/C24H34N2O2/c1-17(2)13-16-25-22(27)21-19-11-5-6-12-20(19)23(28)26(18-9-3-4-10-18)24(21)14-7-8-15-24/h5-6,11-12,17-18,21H,3-4,7-10,13-16H2,1-2H3,(H,25,27). The zero-order valence-electron chi connectivity index (χ0n) is 17.4. The van der Waals surface area contributed by atoms with E-state index in [1.165, 1.54) is 12.8 Å². The topological polar surface area (TPSA) is 49.4 Å². The second-order valence-electron chi connectivity index (χ2n) is 9.42. The maximum Gasteiger partial charge on any atom is 0.254 e. The van der Waals surface area contributed by atoms with Gasteiger partial charge < -0.3 is 10.2 Å². The maximum atomic E-state index is 13.6. The Morgan fingerprint density at radius 1 is 1.14 bits per heavy atom. The fraction of sp³-hybridized carbons (Fsp3) is 0.667. The van der Waals surface area contributed by atoms with Crippen LogP contribution < -0.4 is 5.32 Å². The van der Waals surface area contributed by atoms with E-state index in [0.717, 1.165) is 56.1 Å². The third-order valence-electron chi connectivity index (χ3n) is 7.18. The van der Waals surface area contributed by atoms with Gasteiger partial charge in [0, 0.05) is 18.2 Å².